The van der Waals surface area contributed by atoms with Crippen molar-refractivity contribution >= 4 is 15.9 Å². The summed E-state index contributed by atoms with van der Waals surface area (Å²) >= 11 is 3.40. The lowest BCUT2D eigenvalue weighted by Crippen LogP contribution is -2.05. The highest BCUT2D eigenvalue weighted by Gasteiger charge is 2.11. The standard InChI is InChI=1S/C14H17BrN2O2/c1-3-17-9-16-7-12(17)8-19-14-5-4-11(15)6-13(14)10(2)18/h4-7,9-10,18H,3,8H2,1-2H3/t10-/m1/s1. The first-order chi connectivity index (χ1) is 9.11. The number of halogens is 1. The van der Waals surface area contributed by atoms with Gasteiger partial charge in [-0.05, 0) is 32.0 Å². The Morgan fingerprint density at radius 1 is 1.47 bits per heavy atom. The van der Waals surface area contributed by atoms with Gasteiger partial charge in [0.25, 0.3) is 0 Å². The Morgan fingerprint density at radius 2 is 2.26 bits per heavy atom. The maximum Gasteiger partial charge on any atom is 0.130 e. The Bertz CT molecular complexity index is 552. The third kappa shape index (κ3) is 3.36. The van der Waals surface area contributed by atoms with Crippen LogP contribution in [0.25, 0.3) is 0 Å². The van der Waals surface area contributed by atoms with Gasteiger partial charge >= 0.3 is 0 Å². The van der Waals surface area contributed by atoms with Crippen LogP contribution in [0.4, 0.5) is 0 Å². The third-order valence-electron chi connectivity index (χ3n) is 2.94. The Kier molecular flexibility index (Phi) is 4.61. The molecule has 19 heavy (non-hydrogen) atoms. The van der Waals surface area contributed by atoms with Gasteiger partial charge < -0.3 is 14.4 Å². The first-order valence-corrected chi connectivity index (χ1v) is 7.00. The minimum atomic E-state index is -0.566. The molecule has 0 unspecified atom stereocenters. The SMILES string of the molecule is CCn1cncc1COc1ccc(Br)cc1[C@@H](C)O. The summed E-state index contributed by atoms with van der Waals surface area (Å²) in [4.78, 5) is 4.10. The molecule has 5 heteroatoms. The number of aliphatic hydroxyl groups is 1. The van der Waals surface area contributed by atoms with Crippen molar-refractivity contribution in [1.29, 1.82) is 0 Å². The monoisotopic (exact) mass is 324 g/mol. The van der Waals surface area contributed by atoms with Gasteiger partial charge in [-0.3, -0.25) is 0 Å². The van der Waals surface area contributed by atoms with Gasteiger partial charge in [-0.2, -0.15) is 0 Å². The normalized spacial score (nSPS) is 12.4. The Hall–Kier alpha value is -1.33. The van der Waals surface area contributed by atoms with Crippen molar-refractivity contribution in [1.82, 2.24) is 9.55 Å². The first-order valence-electron chi connectivity index (χ1n) is 6.21. The lowest BCUT2D eigenvalue weighted by atomic mass is 10.1. The van der Waals surface area contributed by atoms with Crippen LogP contribution in [0, 0.1) is 0 Å². The van der Waals surface area contributed by atoms with E-state index in [2.05, 4.69) is 27.8 Å². The minimum absolute atomic E-state index is 0.440. The van der Waals surface area contributed by atoms with Gasteiger partial charge in [0, 0.05) is 16.6 Å². The van der Waals surface area contributed by atoms with Gasteiger partial charge in [-0.15, -0.1) is 0 Å². The molecule has 0 saturated heterocycles. The zero-order chi connectivity index (χ0) is 13.8. The van der Waals surface area contributed by atoms with Crippen molar-refractivity contribution in [2.24, 2.45) is 0 Å². The number of hydrogen-bond acceptors (Lipinski definition) is 3. The van der Waals surface area contributed by atoms with Gasteiger partial charge in [0.05, 0.1) is 24.3 Å². The maximum absolute atomic E-state index is 9.77. The average Bonchev–Trinajstić information content (AvgIpc) is 2.84. The fourth-order valence-corrected chi connectivity index (χ4v) is 2.26. The first kappa shape index (κ1) is 14.1. The lowest BCUT2D eigenvalue weighted by Gasteiger charge is -2.14. The third-order valence-corrected chi connectivity index (χ3v) is 3.43. The molecular weight excluding hydrogens is 308 g/mol. The van der Waals surface area contributed by atoms with Crippen LogP contribution in [0.15, 0.2) is 35.2 Å². The van der Waals surface area contributed by atoms with Crippen molar-refractivity contribution < 1.29 is 9.84 Å². The largest absolute Gasteiger partial charge is 0.487 e. The quantitative estimate of drug-likeness (QED) is 0.917. The number of aliphatic hydroxyl groups excluding tert-OH is 1. The molecule has 0 aliphatic rings. The molecular formula is C14H17BrN2O2. The number of hydrogen-bond donors (Lipinski definition) is 1. The van der Waals surface area contributed by atoms with Crippen LogP contribution in [0.5, 0.6) is 5.75 Å². The molecule has 1 aromatic carbocycles. The van der Waals surface area contributed by atoms with Crippen LogP contribution >= 0.6 is 15.9 Å². The number of nitrogens with zero attached hydrogens (tertiary/aromatic N) is 2. The van der Waals surface area contributed by atoms with Crippen LogP contribution in [0.3, 0.4) is 0 Å². The predicted molar refractivity (Wildman–Crippen MR) is 77.0 cm³/mol. The zero-order valence-corrected chi connectivity index (χ0v) is 12.6. The molecule has 0 bridgehead atoms. The summed E-state index contributed by atoms with van der Waals surface area (Å²) in [6, 6.07) is 5.63. The zero-order valence-electron chi connectivity index (χ0n) is 11.0. The van der Waals surface area contributed by atoms with E-state index in [1.54, 1.807) is 19.4 Å². The molecule has 0 aliphatic carbocycles. The van der Waals surface area contributed by atoms with Crippen LogP contribution < -0.4 is 4.74 Å². The molecule has 0 saturated carbocycles. The molecule has 0 spiro atoms. The second-order valence-corrected chi connectivity index (χ2v) is 5.23. The van der Waals surface area contributed by atoms with E-state index in [-0.39, 0.29) is 0 Å². The molecule has 1 N–H and O–H groups in total. The number of ether oxygens (including phenoxy) is 1. The summed E-state index contributed by atoms with van der Waals surface area (Å²) in [5, 5.41) is 9.77. The van der Waals surface area contributed by atoms with E-state index in [1.807, 2.05) is 22.8 Å². The molecule has 0 aliphatic heterocycles. The molecule has 1 heterocycles. The van der Waals surface area contributed by atoms with E-state index in [9.17, 15) is 5.11 Å². The van der Waals surface area contributed by atoms with Crippen LogP contribution in [-0.2, 0) is 13.2 Å². The van der Waals surface area contributed by atoms with Crippen molar-refractivity contribution in [3.05, 3.63) is 46.5 Å². The highest BCUT2D eigenvalue weighted by molar-refractivity contribution is 9.10. The van der Waals surface area contributed by atoms with E-state index in [4.69, 9.17) is 4.74 Å². The molecule has 2 aromatic rings. The fraction of sp³-hybridized carbons (Fsp3) is 0.357. The number of benzene rings is 1. The summed E-state index contributed by atoms with van der Waals surface area (Å²) in [5.41, 5.74) is 1.79. The minimum Gasteiger partial charge on any atom is -0.487 e. The van der Waals surface area contributed by atoms with Gasteiger partial charge in [-0.1, -0.05) is 15.9 Å². The van der Waals surface area contributed by atoms with Crippen molar-refractivity contribution in [3.8, 4) is 5.75 Å². The molecule has 1 atom stereocenters. The summed E-state index contributed by atoms with van der Waals surface area (Å²) < 4.78 is 8.75. The summed E-state index contributed by atoms with van der Waals surface area (Å²) in [7, 11) is 0. The van der Waals surface area contributed by atoms with Gasteiger partial charge in [-0.25, -0.2) is 4.98 Å². The van der Waals surface area contributed by atoms with Crippen LogP contribution in [0.1, 0.15) is 31.2 Å². The van der Waals surface area contributed by atoms with Crippen molar-refractivity contribution in [3.63, 3.8) is 0 Å². The second kappa shape index (κ2) is 6.21. The molecule has 1 aromatic heterocycles. The highest BCUT2D eigenvalue weighted by Crippen LogP contribution is 2.29. The van der Waals surface area contributed by atoms with Gasteiger partial charge in [0.15, 0.2) is 0 Å². The Morgan fingerprint density at radius 3 is 2.95 bits per heavy atom. The summed E-state index contributed by atoms with van der Waals surface area (Å²) in [6.45, 7) is 5.09. The van der Waals surface area contributed by atoms with Gasteiger partial charge in [0.1, 0.15) is 12.4 Å². The average molecular weight is 325 g/mol. The van der Waals surface area contributed by atoms with Crippen molar-refractivity contribution in [2.75, 3.05) is 0 Å². The highest BCUT2D eigenvalue weighted by atomic mass is 79.9. The van der Waals surface area contributed by atoms with E-state index in [0.29, 0.717) is 12.4 Å². The lowest BCUT2D eigenvalue weighted by molar-refractivity contribution is 0.189. The van der Waals surface area contributed by atoms with E-state index < -0.39 is 6.10 Å². The Labute approximate surface area is 121 Å². The topological polar surface area (TPSA) is 47.3 Å². The molecule has 0 amide bonds. The number of aryl methyl sites for hydroxylation is 1. The number of rotatable bonds is 5. The molecule has 102 valence electrons. The fourth-order valence-electron chi connectivity index (χ4n) is 1.88. The molecule has 2 rings (SSSR count). The molecule has 0 fully saturated rings. The second-order valence-electron chi connectivity index (χ2n) is 4.32. The van der Waals surface area contributed by atoms with Crippen molar-refractivity contribution in [2.45, 2.75) is 33.1 Å². The number of imidazole rings is 1. The smallest absolute Gasteiger partial charge is 0.130 e. The van der Waals surface area contributed by atoms with E-state index in [1.165, 1.54) is 0 Å². The van der Waals surface area contributed by atoms with E-state index in [0.717, 1.165) is 22.3 Å². The molecule has 0 radical (unpaired) electrons. The number of aromatic nitrogens is 2. The Balaban J connectivity index is 2.15. The van der Waals surface area contributed by atoms with Crippen LogP contribution in [-0.4, -0.2) is 14.7 Å². The van der Waals surface area contributed by atoms with Crippen LogP contribution in [0.2, 0.25) is 0 Å². The predicted octanol–water partition coefficient (Wildman–Crippen LogP) is 3.30. The summed E-state index contributed by atoms with van der Waals surface area (Å²) in [6.07, 6.45) is 3.02. The molecule has 4 nitrogen and oxygen atoms in total. The maximum atomic E-state index is 9.77. The summed E-state index contributed by atoms with van der Waals surface area (Å²) in [5.74, 6) is 0.696. The van der Waals surface area contributed by atoms with Gasteiger partial charge in [0.2, 0.25) is 0 Å². The van der Waals surface area contributed by atoms with E-state index >= 15 is 0 Å².